The molecule has 1 aromatic carbocycles. The highest BCUT2D eigenvalue weighted by Gasteiger charge is 2.08. The fourth-order valence-corrected chi connectivity index (χ4v) is 3.10. The van der Waals surface area contributed by atoms with Gasteiger partial charge in [0.15, 0.2) is 0 Å². The Labute approximate surface area is 115 Å². The summed E-state index contributed by atoms with van der Waals surface area (Å²) in [5.41, 5.74) is 1.03. The number of para-hydroxylation sites is 1. The van der Waals surface area contributed by atoms with Crippen molar-refractivity contribution < 1.29 is 9.84 Å². The van der Waals surface area contributed by atoms with Crippen LogP contribution in [0.4, 0.5) is 0 Å². The average Bonchev–Trinajstić information content (AvgIpc) is 2.81. The van der Waals surface area contributed by atoms with Gasteiger partial charge in [-0.15, -0.1) is 11.3 Å². The summed E-state index contributed by atoms with van der Waals surface area (Å²) in [6.45, 7) is 2.27. The van der Waals surface area contributed by atoms with E-state index in [-0.39, 0.29) is 0 Å². The number of nitrogens with zero attached hydrogens (tertiary/aromatic N) is 1. The molecule has 5 heteroatoms. The van der Waals surface area contributed by atoms with E-state index in [0.717, 1.165) is 15.8 Å². The van der Waals surface area contributed by atoms with E-state index in [9.17, 15) is 5.11 Å². The van der Waals surface area contributed by atoms with Crippen molar-refractivity contribution in [3.63, 3.8) is 0 Å². The van der Waals surface area contributed by atoms with Crippen LogP contribution in [-0.4, -0.2) is 28.6 Å². The number of hydrogen-bond donors (Lipinski definition) is 1. The molecule has 0 aliphatic heterocycles. The molecule has 0 fully saturated rings. The van der Waals surface area contributed by atoms with E-state index >= 15 is 0 Å². The van der Waals surface area contributed by atoms with Gasteiger partial charge in [0.05, 0.1) is 6.10 Å². The molecule has 0 aliphatic rings. The van der Waals surface area contributed by atoms with Gasteiger partial charge in [-0.3, -0.25) is 0 Å². The molecule has 1 heterocycles. The Morgan fingerprint density at radius 2 is 2.17 bits per heavy atom. The highest BCUT2D eigenvalue weighted by molar-refractivity contribution is 8.01. The molecule has 0 bridgehead atoms. The molecular weight excluding hydrogens is 266 g/mol. The van der Waals surface area contributed by atoms with Crippen molar-refractivity contribution in [2.45, 2.75) is 17.4 Å². The molecule has 18 heavy (non-hydrogen) atoms. The van der Waals surface area contributed by atoms with Crippen LogP contribution in [0.3, 0.4) is 0 Å². The summed E-state index contributed by atoms with van der Waals surface area (Å²) < 4.78 is 6.47. The van der Waals surface area contributed by atoms with Crippen LogP contribution in [0.5, 0.6) is 5.75 Å². The van der Waals surface area contributed by atoms with E-state index in [2.05, 4.69) is 4.98 Å². The zero-order valence-corrected chi connectivity index (χ0v) is 11.7. The summed E-state index contributed by atoms with van der Waals surface area (Å²) in [5, 5.41) is 11.8. The average molecular weight is 281 g/mol. The normalized spacial score (nSPS) is 12.3. The Hall–Kier alpha value is -1.04. The van der Waals surface area contributed by atoms with E-state index in [1.54, 1.807) is 23.1 Å². The number of aliphatic hydroxyl groups excluding tert-OH is 1. The Morgan fingerprint density at radius 1 is 1.39 bits per heavy atom. The van der Waals surface area contributed by atoms with Gasteiger partial charge in [0, 0.05) is 16.8 Å². The predicted octanol–water partition coefficient (Wildman–Crippen LogP) is 2.98. The largest absolute Gasteiger partial charge is 0.491 e. The standard InChI is InChI=1S/C13H15NO2S2/c1-10-8-17-13(14-10)18-9-11(15)7-16-12-5-3-2-4-6-12/h2-6,8,11,15H,7,9H2,1H3/t11-/m1/s1. The first-order valence-corrected chi connectivity index (χ1v) is 7.51. The van der Waals surface area contributed by atoms with Crippen molar-refractivity contribution in [3.05, 3.63) is 41.4 Å². The van der Waals surface area contributed by atoms with Crippen molar-refractivity contribution in [1.29, 1.82) is 0 Å². The Balaban J connectivity index is 1.71. The maximum absolute atomic E-state index is 9.81. The summed E-state index contributed by atoms with van der Waals surface area (Å²) in [6, 6.07) is 9.52. The minimum absolute atomic E-state index is 0.307. The van der Waals surface area contributed by atoms with Crippen LogP contribution in [0.2, 0.25) is 0 Å². The molecule has 0 saturated heterocycles. The zero-order chi connectivity index (χ0) is 12.8. The molecule has 2 aromatic rings. The molecular formula is C13H15NO2S2. The van der Waals surface area contributed by atoms with Gasteiger partial charge < -0.3 is 9.84 Å². The van der Waals surface area contributed by atoms with Gasteiger partial charge in [-0.05, 0) is 19.1 Å². The molecule has 0 amide bonds. The maximum Gasteiger partial charge on any atom is 0.150 e. The molecule has 0 unspecified atom stereocenters. The molecule has 96 valence electrons. The van der Waals surface area contributed by atoms with Crippen molar-refractivity contribution in [2.24, 2.45) is 0 Å². The van der Waals surface area contributed by atoms with Crippen molar-refractivity contribution >= 4 is 23.1 Å². The van der Waals surface area contributed by atoms with Gasteiger partial charge in [-0.2, -0.15) is 0 Å². The lowest BCUT2D eigenvalue weighted by atomic mass is 10.3. The Kier molecular flexibility index (Phi) is 5.04. The summed E-state index contributed by atoms with van der Waals surface area (Å²) >= 11 is 3.17. The molecule has 1 atom stereocenters. The molecule has 0 aliphatic carbocycles. The zero-order valence-electron chi connectivity index (χ0n) is 10.1. The lowest BCUT2D eigenvalue weighted by Crippen LogP contribution is -2.19. The first-order chi connectivity index (χ1) is 8.74. The summed E-state index contributed by atoms with van der Waals surface area (Å²) in [7, 11) is 0. The molecule has 0 radical (unpaired) electrons. The van der Waals surface area contributed by atoms with Gasteiger partial charge in [-0.25, -0.2) is 4.98 Å². The van der Waals surface area contributed by atoms with Gasteiger partial charge >= 0.3 is 0 Å². The number of benzene rings is 1. The van der Waals surface area contributed by atoms with Crippen molar-refractivity contribution in [3.8, 4) is 5.75 Å². The number of aliphatic hydroxyl groups is 1. The quantitative estimate of drug-likeness (QED) is 0.827. The van der Waals surface area contributed by atoms with Crippen LogP contribution in [0, 0.1) is 6.92 Å². The number of hydrogen-bond acceptors (Lipinski definition) is 5. The van der Waals surface area contributed by atoms with Crippen LogP contribution >= 0.6 is 23.1 Å². The highest BCUT2D eigenvalue weighted by atomic mass is 32.2. The van der Waals surface area contributed by atoms with Crippen LogP contribution in [0.25, 0.3) is 0 Å². The lowest BCUT2D eigenvalue weighted by molar-refractivity contribution is 0.126. The Bertz CT molecular complexity index is 473. The number of aromatic nitrogens is 1. The highest BCUT2D eigenvalue weighted by Crippen LogP contribution is 2.23. The van der Waals surface area contributed by atoms with E-state index in [4.69, 9.17) is 4.74 Å². The van der Waals surface area contributed by atoms with Gasteiger partial charge in [0.25, 0.3) is 0 Å². The molecule has 1 aromatic heterocycles. The second-order valence-corrected chi connectivity index (χ2v) is 5.97. The third-order valence-electron chi connectivity index (χ3n) is 2.18. The third-order valence-corrected chi connectivity index (χ3v) is 4.47. The van der Waals surface area contributed by atoms with Crippen LogP contribution in [0.1, 0.15) is 5.69 Å². The summed E-state index contributed by atoms with van der Waals surface area (Å²) in [6.07, 6.45) is -0.487. The molecule has 0 spiro atoms. The first-order valence-electron chi connectivity index (χ1n) is 5.65. The van der Waals surface area contributed by atoms with E-state index in [0.29, 0.717) is 12.4 Å². The summed E-state index contributed by atoms with van der Waals surface area (Å²) in [4.78, 5) is 4.33. The van der Waals surface area contributed by atoms with Crippen molar-refractivity contribution in [2.75, 3.05) is 12.4 Å². The first kappa shape index (κ1) is 13.4. The molecule has 2 rings (SSSR count). The Morgan fingerprint density at radius 3 is 2.83 bits per heavy atom. The fraction of sp³-hybridized carbons (Fsp3) is 0.308. The second kappa shape index (κ2) is 6.78. The number of rotatable bonds is 6. The number of aryl methyl sites for hydroxylation is 1. The van der Waals surface area contributed by atoms with Gasteiger partial charge in [0.1, 0.15) is 16.7 Å². The molecule has 1 N–H and O–H groups in total. The molecule has 0 saturated carbocycles. The SMILES string of the molecule is Cc1csc(SC[C@H](O)COc2ccccc2)n1. The van der Waals surface area contributed by atoms with Gasteiger partial charge in [-0.1, -0.05) is 30.0 Å². The van der Waals surface area contributed by atoms with Gasteiger partial charge in [0.2, 0.25) is 0 Å². The minimum Gasteiger partial charge on any atom is -0.491 e. The summed E-state index contributed by atoms with van der Waals surface area (Å²) in [5.74, 6) is 1.38. The van der Waals surface area contributed by atoms with E-state index < -0.39 is 6.10 Å². The predicted molar refractivity (Wildman–Crippen MR) is 75.5 cm³/mol. The topological polar surface area (TPSA) is 42.4 Å². The van der Waals surface area contributed by atoms with Crippen LogP contribution < -0.4 is 4.74 Å². The molecule has 3 nitrogen and oxygen atoms in total. The number of thiazole rings is 1. The second-order valence-electron chi connectivity index (χ2n) is 3.84. The smallest absolute Gasteiger partial charge is 0.150 e. The monoisotopic (exact) mass is 281 g/mol. The number of ether oxygens (including phenoxy) is 1. The number of thioether (sulfide) groups is 1. The third kappa shape index (κ3) is 4.33. The van der Waals surface area contributed by atoms with Crippen LogP contribution in [-0.2, 0) is 0 Å². The van der Waals surface area contributed by atoms with Crippen LogP contribution in [0.15, 0.2) is 40.1 Å². The lowest BCUT2D eigenvalue weighted by Gasteiger charge is -2.11. The maximum atomic E-state index is 9.81. The van der Waals surface area contributed by atoms with E-state index in [1.165, 1.54) is 0 Å². The van der Waals surface area contributed by atoms with E-state index in [1.807, 2.05) is 42.6 Å². The fourth-order valence-electron chi connectivity index (χ4n) is 1.32. The van der Waals surface area contributed by atoms with Crippen molar-refractivity contribution in [1.82, 2.24) is 4.98 Å². The minimum atomic E-state index is -0.487.